The van der Waals surface area contributed by atoms with Gasteiger partial charge in [0.2, 0.25) is 5.91 Å². The zero-order valence-corrected chi connectivity index (χ0v) is 16.5. The number of amides is 1. The summed E-state index contributed by atoms with van der Waals surface area (Å²) < 4.78 is 1.55. The third-order valence-corrected chi connectivity index (χ3v) is 5.50. The smallest absolute Gasteiger partial charge is 0.250 e. The molecule has 26 heavy (non-hydrogen) atoms. The van der Waals surface area contributed by atoms with E-state index < -0.39 is 0 Å². The molecule has 8 heteroatoms. The molecule has 1 amide bonds. The van der Waals surface area contributed by atoms with Crippen molar-refractivity contribution in [1.82, 2.24) is 9.88 Å². The van der Waals surface area contributed by atoms with Gasteiger partial charge in [-0.05, 0) is 17.7 Å². The standard InChI is InChI=1S/C18H20ClN3O2S.ClH/c19-16-4-2-1-3-13(16)10-22-11-14(5-6-18(22)24)21-17(23)9-15-12-25-8-7-20-15;/h1-6,11,15,20H,7-10,12H2,(H,21,23);1H. The monoisotopic (exact) mass is 413 g/mol. The molecule has 0 radical (unpaired) electrons. The van der Waals surface area contributed by atoms with Crippen molar-refractivity contribution in [3.8, 4) is 0 Å². The van der Waals surface area contributed by atoms with Crippen molar-refractivity contribution < 1.29 is 4.79 Å². The van der Waals surface area contributed by atoms with Gasteiger partial charge in [-0.2, -0.15) is 11.8 Å². The number of pyridine rings is 1. The lowest BCUT2D eigenvalue weighted by atomic mass is 10.2. The number of rotatable bonds is 5. The van der Waals surface area contributed by atoms with Crippen molar-refractivity contribution in [3.05, 3.63) is 63.5 Å². The lowest BCUT2D eigenvalue weighted by molar-refractivity contribution is -0.116. The molecule has 1 aromatic carbocycles. The molecule has 1 saturated heterocycles. The van der Waals surface area contributed by atoms with Crippen LogP contribution in [-0.2, 0) is 11.3 Å². The van der Waals surface area contributed by atoms with Crippen LogP contribution in [0.4, 0.5) is 5.69 Å². The van der Waals surface area contributed by atoms with E-state index in [1.165, 1.54) is 6.07 Å². The predicted octanol–water partition coefficient (Wildman–Crippen LogP) is 3.01. The van der Waals surface area contributed by atoms with E-state index in [2.05, 4.69) is 10.6 Å². The van der Waals surface area contributed by atoms with E-state index in [0.717, 1.165) is 23.6 Å². The number of carbonyl (C=O) groups excluding carboxylic acids is 1. The lowest BCUT2D eigenvalue weighted by Gasteiger charge is -2.22. The molecular formula is C18H21Cl2N3O2S. The van der Waals surface area contributed by atoms with Gasteiger partial charge in [0.25, 0.3) is 5.56 Å². The predicted molar refractivity (Wildman–Crippen MR) is 111 cm³/mol. The molecule has 1 aromatic heterocycles. The number of thioether (sulfide) groups is 1. The molecule has 0 spiro atoms. The summed E-state index contributed by atoms with van der Waals surface area (Å²) >= 11 is 8.02. The van der Waals surface area contributed by atoms with E-state index >= 15 is 0 Å². The van der Waals surface area contributed by atoms with Gasteiger partial charge in [-0.25, -0.2) is 0 Å². The molecule has 0 bridgehead atoms. The highest BCUT2D eigenvalue weighted by atomic mass is 35.5. The molecule has 1 atom stereocenters. The summed E-state index contributed by atoms with van der Waals surface area (Å²) in [5.41, 5.74) is 1.33. The zero-order chi connectivity index (χ0) is 17.6. The molecule has 2 heterocycles. The highest BCUT2D eigenvalue weighted by Gasteiger charge is 2.17. The maximum Gasteiger partial charge on any atom is 0.250 e. The van der Waals surface area contributed by atoms with Gasteiger partial charge in [-0.3, -0.25) is 9.59 Å². The Morgan fingerprint density at radius 2 is 2.12 bits per heavy atom. The fourth-order valence-corrected chi connectivity index (χ4v) is 3.87. The average molecular weight is 414 g/mol. The Bertz CT molecular complexity index is 807. The SMILES string of the molecule is Cl.O=C(CC1CSCCN1)Nc1ccc(=O)n(Cc2ccccc2Cl)c1. The molecule has 2 aromatic rings. The fourth-order valence-electron chi connectivity index (χ4n) is 2.73. The Labute approximate surface area is 167 Å². The fraction of sp³-hybridized carbons (Fsp3) is 0.333. The topological polar surface area (TPSA) is 63.1 Å². The third kappa shape index (κ3) is 5.77. The molecule has 2 N–H and O–H groups in total. The van der Waals surface area contributed by atoms with Crippen LogP contribution in [0.1, 0.15) is 12.0 Å². The first-order valence-electron chi connectivity index (χ1n) is 8.17. The van der Waals surface area contributed by atoms with Crippen LogP contribution in [0, 0.1) is 0 Å². The summed E-state index contributed by atoms with van der Waals surface area (Å²) in [6, 6.07) is 10.7. The Hall–Kier alpha value is -1.47. The number of carbonyl (C=O) groups is 1. The van der Waals surface area contributed by atoms with Crippen LogP contribution >= 0.6 is 35.8 Å². The number of aromatic nitrogens is 1. The summed E-state index contributed by atoms with van der Waals surface area (Å²) in [5, 5.41) is 6.84. The second-order valence-electron chi connectivity index (χ2n) is 5.95. The van der Waals surface area contributed by atoms with E-state index in [0.29, 0.717) is 23.7 Å². The summed E-state index contributed by atoms with van der Waals surface area (Å²) in [7, 11) is 0. The van der Waals surface area contributed by atoms with E-state index in [1.807, 2.05) is 30.0 Å². The van der Waals surface area contributed by atoms with Gasteiger partial charge < -0.3 is 15.2 Å². The maximum atomic E-state index is 12.2. The molecule has 1 aliphatic rings. The summed E-state index contributed by atoms with van der Waals surface area (Å²) in [4.78, 5) is 24.3. The van der Waals surface area contributed by atoms with Crippen LogP contribution < -0.4 is 16.2 Å². The van der Waals surface area contributed by atoms with Crippen LogP contribution in [0.15, 0.2) is 47.4 Å². The largest absolute Gasteiger partial charge is 0.325 e. The Balaban J connectivity index is 0.00000243. The summed E-state index contributed by atoms with van der Waals surface area (Å²) in [5.74, 6) is 1.98. The highest BCUT2D eigenvalue weighted by Crippen LogP contribution is 2.16. The van der Waals surface area contributed by atoms with Gasteiger partial charge in [-0.1, -0.05) is 29.8 Å². The molecule has 0 aliphatic carbocycles. The van der Waals surface area contributed by atoms with Crippen LogP contribution in [0.5, 0.6) is 0 Å². The molecule has 140 valence electrons. The maximum absolute atomic E-state index is 12.2. The van der Waals surface area contributed by atoms with E-state index in [1.54, 1.807) is 22.9 Å². The number of benzene rings is 1. The number of nitrogens with one attached hydrogen (secondary N) is 2. The second kappa shape index (κ2) is 10.0. The molecule has 5 nitrogen and oxygen atoms in total. The van der Waals surface area contributed by atoms with Gasteiger partial charge in [-0.15, -0.1) is 12.4 Å². The Morgan fingerprint density at radius 3 is 2.85 bits per heavy atom. The van der Waals surface area contributed by atoms with Crippen LogP contribution in [0.25, 0.3) is 0 Å². The number of hydrogen-bond acceptors (Lipinski definition) is 4. The Morgan fingerprint density at radius 1 is 1.31 bits per heavy atom. The van der Waals surface area contributed by atoms with E-state index in [-0.39, 0.29) is 29.9 Å². The summed E-state index contributed by atoms with van der Waals surface area (Å²) in [6.07, 6.45) is 2.09. The number of hydrogen-bond donors (Lipinski definition) is 2. The van der Waals surface area contributed by atoms with Crippen molar-refractivity contribution in [2.75, 3.05) is 23.4 Å². The summed E-state index contributed by atoms with van der Waals surface area (Å²) in [6.45, 7) is 1.30. The molecular weight excluding hydrogens is 393 g/mol. The van der Waals surface area contributed by atoms with Crippen molar-refractivity contribution in [3.63, 3.8) is 0 Å². The van der Waals surface area contributed by atoms with Gasteiger partial charge in [0.15, 0.2) is 0 Å². The number of nitrogens with zero attached hydrogens (tertiary/aromatic N) is 1. The van der Waals surface area contributed by atoms with Crippen molar-refractivity contribution in [2.45, 2.75) is 19.0 Å². The van der Waals surface area contributed by atoms with Gasteiger partial charge >= 0.3 is 0 Å². The van der Waals surface area contributed by atoms with Crippen molar-refractivity contribution in [2.24, 2.45) is 0 Å². The quantitative estimate of drug-likeness (QED) is 0.790. The van der Waals surface area contributed by atoms with Crippen molar-refractivity contribution >= 4 is 47.4 Å². The first kappa shape index (κ1) is 20.8. The van der Waals surface area contributed by atoms with Crippen LogP contribution in [-0.4, -0.2) is 34.6 Å². The first-order chi connectivity index (χ1) is 12.1. The van der Waals surface area contributed by atoms with Crippen molar-refractivity contribution in [1.29, 1.82) is 0 Å². The number of halogens is 2. The molecule has 0 saturated carbocycles. The minimum Gasteiger partial charge on any atom is -0.325 e. The van der Waals surface area contributed by atoms with Gasteiger partial charge in [0, 0.05) is 47.8 Å². The van der Waals surface area contributed by atoms with Crippen LogP contribution in [0.2, 0.25) is 5.02 Å². The molecule has 1 fully saturated rings. The third-order valence-electron chi connectivity index (χ3n) is 4.00. The minimum atomic E-state index is -0.136. The highest BCUT2D eigenvalue weighted by molar-refractivity contribution is 7.99. The first-order valence-corrected chi connectivity index (χ1v) is 9.70. The van der Waals surface area contributed by atoms with E-state index in [9.17, 15) is 9.59 Å². The molecule has 1 unspecified atom stereocenters. The normalized spacial score (nSPS) is 16.6. The average Bonchev–Trinajstić information content (AvgIpc) is 2.60. The second-order valence-corrected chi connectivity index (χ2v) is 7.51. The minimum absolute atomic E-state index is 0. The molecule has 1 aliphatic heterocycles. The van der Waals surface area contributed by atoms with Crippen LogP contribution in [0.3, 0.4) is 0 Å². The number of anilines is 1. The van der Waals surface area contributed by atoms with E-state index in [4.69, 9.17) is 11.6 Å². The van der Waals surface area contributed by atoms with Gasteiger partial charge in [0.05, 0.1) is 12.2 Å². The zero-order valence-electron chi connectivity index (χ0n) is 14.1. The van der Waals surface area contributed by atoms with Gasteiger partial charge in [0.1, 0.15) is 0 Å². The lowest BCUT2D eigenvalue weighted by Crippen LogP contribution is -2.40. The molecule has 3 rings (SSSR count). The Kier molecular flexibility index (Phi) is 8.03.